The van der Waals surface area contributed by atoms with Gasteiger partial charge >= 0.3 is 0 Å². The summed E-state index contributed by atoms with van der Waals surface area (Å²) in [5.41, 5.74) is 0.978. The molecule has 0 bridgehead atoms. The number of piperidine rings is 1. The Morgan fingerprint density at radius 2 is 2.30 bits per heavy atom. The van der Waals surface area contributed by atoms with Crippen LogP contribution in [0.25, 0.3) is 0 Å². The molecule has 0 radical (unpaired) electrons. The Morgan fingerprint density at radius 1 is 1.43 bits per heavy atom. The molecule has 2 heterocycles. The molecule has 4 nitrogen and oxygen atoms in total. The van der Waals surface area contributed by atoms with Gasteiger partial charge in [0.25, 0.3) is 0 Å². The number of likely N-dealkylation sites (tertiary alicyclic amines) is 1. The predicted molar refractivity (Wildman–Crippen MR) is 88.4 cm³/mol. The molecule has 23 heavy (non-hydrogen) atoms. The Balaban J connectivity index is 1.58. The molecule has 0 aliphatic carbocycles. The number of hydrogen-bond acceptors (Lipinski definition) is 3. The second-order valence-corrected chi connectivity index (χ2v) is 6.80. The van der Waals surface area contributed by atoms with Crippen molar-refractivity contribution in [2.24, 2.45) is 5.92 Å². The molecule has 2 unspecified atom stereocenters. The van der Waals surface area contributed by atoms with Crippen LogP contribution in [0.15, 0.2) is 24.3 Å². The van der Waals surface area contributed by atoms with E-state index in [9.17, 15) is 9.18 Å². The third kappa shape index (κ3) is 4.09. The Kier molecular flexibility index (Phi) is 5.28. The van der Waals surface area contributed by atoms with Crippen molar-refractivity contribution in [2.45, 2.75) is 31.8 Å². The van der Waals surface area contributed by atoms with Gasteiger partial charge in [-0.3, -0.25) is 9.69 Å². The van der Waals surface area contributed by atoms with E-state index in [-0.39, 0.29) is 17.6 Å². The molecule has 2 aliphatic heterocycles. The molecule has 3 rings (SSSR count). The standard InChI is InChI=1S/C18H26FN3O/c1-21(17-7-8-20-11-17)18(23)15-5-3-9-22(13-15)12-14-4-2-6-16(19)10-14/h2,4,6,10,15,17,20H,3,5,7-9,11-13H2,1H3. The molecule has 2 atom stereocenters. The van der Waals surface area contributed by atoms with Gasteiger partial charge < -0.3 is 10.2 Å². The summed E-state index contributed by atoms with van der Waals surface area (Å²) in [7, 11) is 1.94. The van der Waals surface area contributed by atoms with Crippen LogP contribution in [0.2, 0.25) is 0 Å². The molecule has 1 N–H and O–H groups in total. The Morgan fingerprint density at radius 3 is 3.04 bits per heavy atom. The van der Waals surface area contributed by atoms with Crippen molar-refractivity contribution >= 4 is 5.91 Å². The van der Waals surface area contributed by atoms with Crippen molar-refractivity contribution in [1.82, 2.24) is 15.1 Å². The maximum Gasteiger partial charge on any atom is 0.227 e. The first kappa shape index (κ1) is 16.4. The fourth-order valence-corrected chi connectivity index (χ4v) is 3.73. The quantitative estimate of drug-likeness (QED) is 0.920. The van der Waals surface area contributed by atoms with Gasteiger partial charge in [-0.05, 0) is 50.0 Å². The van der Waals surface area contributed by atoms with E-state index in [0.717, 1.165) is 57.5 Å². The van der Waals surface area contributed by atoms with E-state index in [0.29, 0.717) is 6.04 Å². The van der Waals surface area contributed by atoms with Crippen LogP contribution in [0.4, 0.5) is 4.39 Å². The zero-order valence-electron chi connectivity index (χ0n) is 13.8. The molecule has 1 aromatic carbocycles. The predicted octanol–water partition coefficient (Wildman–Crippen LogP) is 1.86. The van der Waals surface area contributed by atoms with Gasteiger partial charge in [-0.1, -0.05) is 12.1 Å². The first-order chi connectivity index (χ1) is 11.1. The fourth-order valence-electron chi connectivity index (χ4n) is 3.73. The molecule has 0 saturated carbocycles. The third-order valence-corrected chi connectivity index (χ3v) is 5.08. The molecular weight excluding hydrogens is 293 g/mol. The summed E-state index contributed by atoms with van der Waals surface area (Å²) < 4.78 is 13.3. The maximum atomic E-state index is 13.3. The van der Waals surface area contributed by atoms with E-state index in [2.05, 4.69) is 10.2 Å². The van der Waals surface area contributed by atoms with Gasteiger partial charge in [0, 0.05) is 32.7 Å². The Hall–Kier alpha value is -1.46. The molecule has 1 aromatic rings. The number of carbonyl (C=O) groups is 1. The van der Waals surface area contributed by atoms with Crippen molar-refractivity contribution in [1.29, 1.82) is 0 Å². The summed E-state index contributed by atoms with van der Waals surface area (Å²) in [6.07, 6.45) is 3.04. The Labute approximate surface area is 137 Å². The maximum absolute atomic E-state index is 13.3. The lowest BCUT2D eigenvalue weighted by Crippen LogP contribution is -2.47. The summed E-state index contributed by atoms with van der Waals surface area (Å²) >= 11 is 0. The van der Waals surface area contributed by atoms with E-state index >= 15 is 0 Å². The molecule has 2 fully saturated rings. The van der Waals surface area contributed by atoms with Crippen LogP contribution in [0.1, 0.15) is 24.8 Å². The summed E-state index contributed by atoms with van der Waals surface area (Å²) in [5.74, 6) is 0.145. The average molecular weight is 319 g/mol. The molecule has 2 saturated heterocycles. The summed E-state index contributed by atoms with van der Waals surface area (Å²) in [6.45, 7) is 4.38. The highest BCUT2D eigenvalue weighted by Crippen LogP contribution is 2.22. The molecular formula is C18H26FN3O. The van der Waals surface area contributed by atoms with E-state index in [1.165, 1.54) is 6.07 Å². The van der Waals surface area contributed by atoms with Gasteiger partial charge in [0.05, 0.1) is 5.92 Å². The SMILES string of the molecule is CN(C(=O)C1CCCN(Cc2cccc(F)c2)C1)C1CCNC1. The lowest BCUT2D eigenvalue weighted by atomic mass is 9.95. The number of rotatable bonds is 4. The molecule has 5 heteroatoms. The van der Waals surface area contributed by atoms with Crippen LogP contribution in [-0.2, 0) is 11.3 Å². The zero-order valence-corrected chi connectivity index (χ0v) is 13.8. The monoisotopic (exact) mass is 319 g/mol. The van der Waals surface area contributed by atoms with Crippen molar-refractivity contribution in [3.8, 4) is 0 Å². The molecule has 2 aliphatic rings. The first-order valence-electron chi connectivity index (χ1n) is 8.57. The third-order valence-electron chi connectivity index (χ3n) is 5.08. The first-order valence-corrected chi connectivity index (χ1v) is 8.57. The number of nitrogens with zero attached hydrogens (tertiary/aromatic N) is 2. The smallest absolute Gasteiger partial charge is 0.227 e. The van der Waals surface area contributed by atoms with E-state index in [4.69, 9.17) is 0 Å². The van der Waals surface area contributed by atoms with Gasteiger partial charge in [0.15, 0.2) is 0 Å². The largest absolute Gasteiger partial charge is 0.341 e. The minimum absolute atomic E-state index is 0.0721. The minimum atomic E-state index is -0.194. The summed E-state index contributed by atoms with van der Waals surface area (Å²) in [5, 5.41) is 3.32. The normalized spacial score (nSPS) is 25.5. The van der Waals surface area contributed by atoms with Gasteiger partial charge in [-0.15, -0.1) is 0 Å². The lowest BCUT2D eigenvalue weighted by molar-refractivity contribution is -0.137. The second kappa shape index (κ2) is 7.41. The molecule has 0 spiro atoms. The van der Waals surface area contributed by atoms with Crippen molar-refractivity contribution in [3.05, 3.63) is 35.6 Å². The number of carbonyl (C=O) groups excluding carboxylic acids is 1. The zero-order chi connectivity index (χ0) is 16.2. The van der Waals surface area contributed by atoms with Gasteiger partial charge in [0.2, 0.25) is 5.91 Å². The number of likely N-dealkylation sites (N-methyl/N-ethyl adjacent to an activating group) is 1. The summed E-state index contributed by atoms with van der Waals surface area (Å²) in [4.78, 5) is 17.0. The van der Waals surface area contributed by atoms with Gasteiger partial charge in [-0.25, -0.2) is 4.39 Å². The molecule has 126 valence electrons. The highest BCUT2D eigenvalue weighted by molar-refractivity contribution is 5.79. The topological polar surface area (TPSA) is 35.6 Å². The summed E-state index contributed by atoms with van der Waals surface area (Å²) in [6, 6.07) is 7.09. The fraction of sp³-hybridized carbons (Fsp3) is 0.611. The van der Waals surface area contributed by atoms with E-state index in [1.807, 2.05) is 18.0 Å². The van der Waals surface area contributed by atoms with Gasteiger partial charge in [-0.2, -0.15) is 0 Å². The second-order valence-electron chi connectivity index (χ2n) is 6.80. The number of benzene rings is 1. The number of nitrogens with one attached hydrogen (secondary N) is 1. The van der Waals surface area contributed by atoms with Gasteiger partial charge in [0.1, 0.15) is 5.82 Å². The van der Waals surface area contributed by atoms with Crippen LogP contribution in [-0.4, -0.2) is 55.0 Å². The van der Waals surface area contributed by atoms with Crippen molar-refractivity contribution < 1.29 is 9.18 Å². The highest BCUT2D eigenvalue weighted by Gasteiger charge is 2.31. The van der Waals surface area contributed by atoms with Crippen LogP contribution in [0.5, 0.6) is 0 Å². The number of halogens is 1. The van der Waals surface area contributed by atoms with E-state index < -0.39 is 0 Å². The van der Waals surface area contributed by atoms with Crippen LogP contribution in [0, 0.1) is 11.7 Å². The van der Waals surface area contributed by atoms with E-state index in [1.54, 1.807) is 12.1 Å². The Bertz CT molecular complexity index is 545. The lowest BCUT2D eigenvalue weighted by Gasteiger charge is -2.35. The number of hydrogen-bond donors (Lipinski definition) is 1. The van der Waals surface area contributed by atoms with Crippen molar-refractivity contribution in [2.75, 3.05) is 33.2 Å². The molecule has 1 amide bonds. The molecule has 0 aromatic heterocycles. The van der Waals surface area contributed by atoms with Crippen molar-refractivity contribution in [3.63, 3.8) is 0 Å². The van der Waals surface area contributed by atoms with Crippen LogP contribution in [0.3, 0.4) is 0 Å². The highest BCUT2D eigenvalue weighted by atomic mass is 19.1. The average Bonchev–Trinajstić information content (AvgIpc) is 3.08. The van der Waals surface area contributed by atoms with Crippen LogP contribution >= 0.6 is 0 Å². The minimum Gasteiger partial charge on any atom is -0.341 e. The van der Waals surface area contributed by atoms with Crippen LogP contribution < -0.4 is 5.32 Å². The number of amides is 1.